The number of amides is 1. The van der Waals surface area contributed by atoms with Crippen LogP contribution in [0.4, 0.5) is 0 Å². The summed E-state index contributed by atoms with van der Waals surface area (Å²) < 4.78 is 5.59. The summed E-state index contributed by atoms with van der Waals surface area (Å²) in [6.07, 6.45) is 4.70. The molecule has 1 saturated carbocycles. The van der Waals surface area contributed by atoms with Crippen molar-refractivity contribution in [1.29, 1.82) is 0 Å². The number of piperidine rings is 1. The monoisotopic (exact) mass is 271 g/mol. The minimum absolute atomic E-state index is 0.103. The van der Waals surface area contributed by atoms with Crippen LogP contribution in [0.5, 0.6) is 5.75 Å². The molecule has 0 spiro atoms. The molecule has 3 nitrogen and oxygen atoms in total. The van der Waals surface area contributed by atoms with Crippen LogP contribution < -0.4 is 4.74 Å². The van der Waals surface area contributed by atoms with Crippen molar-refractivity contribution in [3.05, 3.63) is 41.0 Å². The molecule has 2 fully saturated rings. The molecule has 1 aromatic carbocycles. The first-order chi connectivity index (χ1) is 9.72. The van der Waals surface area contributed by atoms with Crippen molar-refractivity contribution in [2.45, 2.75) is 32.6 Å². The Bertz CT molecular complexity index is 532. The Kier molecular flexibility index (Phi) is 3.77. The molecule has 0 unspecified atom stereocenters. The fourth-order valence-electron chi connectivity index (χ4n) is 2.74. The first-order valence-corrected chi connectivity index (χ1v) is 7.39. The lowest BCUT2D eigenvalue weighted by atomic mass is 10.0. The highest BCUT2D eigenvalue weighted by Crippen LogP contribution is 2.35. The van der Waals surface area contributed by atoms with Crippen molar-refractivity contribution < 1.29 is 9.53 Å². The van der Waals surface area contributed by atoms with E-state index in [0.717, 1.165) is 37.2 Å². The number of likely N-dealkylation sites (tertiary alicyclic amines) is 1. The second kappa shape index (κ2) is 5.70. The highest BCUT2D eigenvalue weighted by atomic mass is 16.5. The van der Waals surface area contributed by atoms with Crippen LogP contribution in [0.3, 0.4) is 0 Å². The Balaban J connectivity index is 1.49. The second-order valence-electron chi connectivity index (χ2n) is 5.69. The van der Waals surface area contributed by atoms with E-state index in [9.17, 15) is 4.79 Å². The molecule has 1 aliphatic carbocycles. The minimum Gasteiger partial charge on any atom is -0.484 e. The van der Waals surface area contributed by atoms with Gasteiger partial charge >= 0.3 is 0 Å². The van der Waals surface area contributed by atoms with Crippen LogP contribution in [0.1, 0.15) is 31.2 Å². The van der Waals surface area contributed by atoms with Gasteiger partial charge in [0.05, 0.1) is 0 Å². The molecule has 0 bridgehead atoms. The first kappa shape index (κ1) is 13.2. The molecular weight excluding hydrogens is 250 g/mol. The number of hydrogen-bond donors (Lipinski definition) is 0. The van der Waals surface area contributed by atoms with Crippen LogP contribution in [-0.4, -0.2) is 30.5 Å². The lowest BCUT2D eigenvalue weighted by Crippen LogP contribution is -2.39. The smallest absolute Gasteiger partial charge is 0.260 e. The highest BCUT2D eigenvalue weighted by molar-refractivity contribution is 5.78. The molecule has 1 aliphatic heterocycles. The molecule has 1 saturated heterocycles. The molecule has 2 aliphatic rings. The molecule has 0 atom stereocenters. The number of nitrogens with zero attached hydrogens (tertiary/aromatic N) is 1. The van der Waals surface area contributed by atoms with Gasteiger partial charge in [-0.05, 0) is 50.3 Å². The van der Waals surface area contributed by atoms with E-state index in [1.165, 1.54) is 12.8 Å². The van der Waals surface area contributed by atoms with E-state index in [4.69, 9.17) is 4.74 Å². The number of rotatable bonds is 3. The SMILES string of the molecule is Cc1cccc(OCC(=O)N2CCC(=C3CC3)CC2)c1. The molecule has 3 heteroatoms. The number of hydrogen-bond acceptors (Lipinski definition) is 2. The van der Waals surface area contributed by atoms with Crippen LogP contribution in [0, 0.1) is 6.92 Å². The summed E-state index contributed by atoms with van der Waals surface area (Å²) in [6.45, 7) is 3.88. The maximum atomic E-state index is 12.1. The van der Waals surface area contributed by atoms with Crippen LogP contribution in [0.15, 0.2) is 35.4 Å². The van der Waals surface area contributed by atoms with E-state index >= 15 is 0 Å². The fraction of sp³-hybridized carbons (Fsp3) is 0.471. The quantitative estimate of drug-likeness (QED) is 0.791. The molecule has 0 radical (unpaired) electrons. The summed E-state index contributed by atoms with van der Waals surface area (Å²) in [7, 11) is 0. The van der Waals surface area contributed by atoms with Gasteiger partial charge in [0.15, 0.2) is 6.61 Å². The lowest BCUT2D eigenvalue weighted by Gasteiger charge is -2.28. The molecule has 1 amide bonds. The third-order valence-electron chi connectivity index (χ3n) is 4.07. The van der Waals surface area contributed by atoms with Gasteiger partial charge in [-0.1, -0.05) is 23.3 Å². The number of allylic oxidation sites excluding steroid dienone is 1. The van der Waals surface area contributed by atoms with Crippen molar-refractivity contribution >= 4 is 5.91 Å². The van der Waals surface area contributed by atoms with Gasteiger partial charge in [-0.25, -0.2) is 0 Å². The van der Waals surface area contributed by atoms with Crippen LogP contribution in [-0.2, 0) is 4.79 Å². The van der Waals surface area contributed by atoms with Gasteiger partial charge in [0.1, 0.15) is 5.75 Å². The average Bonchev–Trinajstić information content (AvgIpc) is 3.30. The molecular formula is C17H21NO2. The lowest BCUT2D eigenvalue weighted by molar-refractivity contribution is -0.133. The summed E-state index contributed by atoms with van der Waals surface area (Å²) in [5.74, 6) is 0.877. The zero-order chi connectivity index (χ0) is 13.9. The number of ether oxygens (including phenoxy) is 1. The average molecular weight is 271 g/mol. The Morgan fingerprint density at radius 1 is 1.15 bits per heavy atom. The molecule has 106 valence electrons. The molecule has 0 N–H and O–H groups in total. The highest BCUT2D eigenvalue weighted by Gasteiger charge is 2.24. The summed E-state index contributed by atoms with van der Waals surface area (Å²) >= 11 is 0. The van der Waals surface area contributed by atoms with E-state index in [0.29, 0.717) is 0 Å². The third kappa shape index (κ3) is 3.21. The largest absolute Gasteiger partial charge is 0.484 e. The molecule has 3 rings (SSSR count). The van der Waals surface area contributed by atoms with Crippen molar-refractivity contribution in [2.24, 2.45) is 0 Å². The van der Waals surface area contributed by atoms with Crippen molar-refractivity contribution in [3.63, 3.8) is 0 Å². The Morgan fingerprint density at radius 2 is 1.85 bits per heavy atom. The fourth-order valence-corrected chi connectivity index (χ4v) is 2.74. The van der Waals surface area contributed by atoms with E-state index in [1.807, 2.05) is 36.1 Å². The van der Waals surface area contributed by atoms with Gasteiger partial charge < -0.3 is 9.64 Å². The van der Waals surface area contributed by atoms with Crippen molar-refractivity contribution in [2.75, 3.05) is 19.7 Å². The van der Waals surface area contributed by atoms with Crippen LogP contribution in [0.25, 0.3) is 0 Å². The number of benzene rings is 1. The third-order valence-corrected chi connectivity index (χ3v) is 4.07. The molecule has 0 aromatic heterocycles. The number of carbonyl (C=O) groups excluding carboxylic acids is 1. The topological polar surface area (TPSA) is 29.5 Å². The normalized spacial score (nSPS) is 18.1. The Hall–Kier alpha value is -1.77. The van der Waals surface area contributed by atoms with E-state index < -0.39 is 0 Å². The van der Waals surface area contributed by atoms with Gasteiger partial charge in [-0.2, -0.15) is 0 Å². The predicted molar refractivity (Wildman–Crippen MR) is 78.7 cm³/mol. The van der Waals surface area contributed by atoms with Crippen LogP contribution >= 0.6 is 0 Å². The maximum Gasteiger partial charge on any atom is 0.260 e. The first-order valence-electron chi connectivity index (χ1n) is 7.39. The second-order valence-corrected chi connectivity index (χ2v) is 5.69. The Labute approximate surface area is 120 Å². The molecule has 1 heterocycles. The zero-order valence-corrected chi connectivity index (χ0v) is 12.0. The summed E-state index contributed by atoms with van der Waals surface area (Å²) in [4.78, 5) is 14.1. The predicted octanol–water partition coefficient (Wildman–Crippen LogP) is 3.09. The van der Waals surface area contributed by atoms with Crippen molar-refractivity contribution in [3.8, 4) is 5.75 Å². The summed E-state index contributed by atoms with van der Waals surface area (Å²) in [6, 6.07) is 7.82. The summed E-state index contributed by atoms with van der Waals surface area (Å²) in [5, 5.41) is 0. The number of carbonyl (C=O) groups is 1. The van der Waals surface area contributed by atoms with E-state index in [2.05, 4.69) is 0 Å². The minimum atomic E-state index is 0.103. The molecule has 20 heavy (non-hydrogen) atoms. The van der Waals surface area contributed by atoms with E-state index in [-0.39, 0.29) is 12.5 Å². The van der Waals surface area contributed by atoms with Gasteiger partial charge in [0, 0.05) is 13.1 Å². The van der Waals surface area contributed by atoms with Gasteiger partial charge in [-0.15, -0.1) is 0 Å². The maximum absolute atomic E-state index is 12.1. The standard InChI is InChI=1S/C17H21NO2/c1-13-3-2-4-16(11-13)20-12-17(19)18-9-7-15(8-10-18)14-5-6-14/h2-4,11H,5-10,12H2,1H3. The number of aryl methyl sites for hydroxylation is 1. The zero-order valence-electron chi connectivity index (χ0n) is 12.0. The van der Waals surface area contributed by atoms with E-state index in [1.54, 1.807) is 11.1 Å². The van der Waals surface area contributed by atoms with Crippen LogP contribution in [0.2, 0.25) is 0 Å². The van der Waals surface area contributed by atoms with Crippen molar-refractivity contribution in [1.82, 2.24) is 4.90 Å². The molecule has 1 aromatic rings. The van der Waals surface area contributed by atoms with Gasteiger partial charge in [0.2, 0.25) is 0 Å². The summed E-state index contributed by atoms with van der Waals surface area (Å²) in [5.41, 5.74) is 4.40. The Morgan fingerprint density at radius 3 is 2.50 bits per heavy atom. The van der Waals surface area contributed by atoms with Gasteiger partial charge in [-0.3, -0.25) is 4.79 Å². The van der Waals surface area contributed by atoms with Gasteiger partial charge in [0.25, 0.3) is 5.91 Å².